The number of rotatable bonds is 6. The molecule has 0 radical (unpaired) electrons. The van der Waals surface area contributed by atoms with Crippen molar-refractivity contribution in [2.75, 3.05) is 0 Å². The quantitative estimate of drug-likeness (QED) is 0.650. The van der Waals surface area contributed by atoms with Gasteiger partial charge in [-0.25, -0.2) is 0 Å². The molecule has 0 spiro atoms. The van der Waals surface area contributed by atoms with E-state index >= 15 is 0 Å². The van der Waals surface area contributed by atoms with Gasteiger partial charge in [-0.05, 0) is 81.5 Å². The van der Waals surface area contributed by atoms with E-state index in [1.165, 1.54) is 19.3 Å². The molecule has 6 nitrogen and oxygen atoms in total. The average molecular weight is 391 g/mol. The van der Waals surface area contributed by atoms with E-state index in [0.717, 1.165) is 19.3 Å². The second-order valence-electron chi connectivity index (χ2n) is 10.4. The van der Waals surface area contributed by atoms with E-state index in [0.29, 0.717) is 37.0 Å². The van der Waals surface area contributed by atoms with Crippen LogP contribution < -0.4 is 10.6 Å². The molecule has 0 aromatic rings. The summed E-state index contributed by atoms with van der Waals surface area (Å²) in [5.74, 6) is 0.824. The third-order valence-corrected chi connectivity index (χ3v) is 7.88. The summed E-state index contributed by atoms with van der Waals surface area (Å²) in [5.41, 5.74) is -0.260. The summed E-state index contributed by atoms with van der Waals surface area (Å²) < 4.78 is 0. The van der Waals surface area contributed by atoms with E-state index in [9.17, 15) is 14.4 Å². The van der Waals surface area contributed by atoms with Crippen LogP contribution in [0.1, 0.15) is 71.6 Å². The predicted octanol–water partition coefficient (Wildman–Crippen LogP) is 2.71. The Hall–Kier alpha value is -1.59. The SMILES string of the molecule is CC(C)C(NC(=O)C12CC3CC(CC(C3)C1)C2)C(=O)N[C@@H]1CC[C@H](C(=O)O)C1. The van der Waals surface area contributed by atoms with Crippen LogP contribution >= 0.6 is 0 Å². The van der Waals surface area contributed by atoms with Gasteiger partial charge < -0.3 is 15.7 Å². The van der Waals surface area contributed by atoms with E-state index in [4.69, 9.17) is 5.11 Å². The maximum Gasteiger partial charge on any atom is 0.306 e. The molecule has 0 aromatic carbocycles. The van der Waals surface area contributed by atoms with E-state index in [1.807, 2.05) is 13.8 Å². The fourth-order valence-corrected chi connectivity index (χ4v) is 6.85. The van der Waals surface area contributed by atoms with Crippen molar-refractivity contribution in [1.29, 1.82) is 0 Å². The monoisotopic (exact) mass is 390 g/mol. The van der Waals surface area contributed by atoms with Crippen LogP contribution in [0.2, 0.25) is 0 Å². The first kappa shape index (κ1) is 19.7. The highest BCUT2D eigenvalue weighted by molar-refractivity contribution is 5.90. The first-order valence-corrected chi connectivity index (χ1v) is 11.1. The zero-order valence-corrected chi connectivity index (χ0v) is 17.1. The van der Waals surface area contributed by atoms with Gasteiger partial charge in [0, 0.05) is 11.5 Å². The Morgan fingerprint density at radius 3 is 1.96 bits per heavy atom. The number of hydrogen-bond acceptors (Lipinski definition) is 3. The summed E-state index contributed by atoms with van der Waals surface area (Å²) in [7, 11) is 0. The number of nitrogens with one attached hydrogen (secondary N) is 2. The summed E-state index contributed by atoms with van der Waals surface area (Å²) >= 11 is 0. The van der Waals surface area contributed by atoms with Crippen LogP contribution in [-0.4, -0.2) is 35.0 Å². The number of carboxylic acid groups (broad SMARTS) is 1. The van der Waals surface area contributed by atoms with Gasteiger partial charge in [-0.3, -0.25) is 14.4 Å². The van der Waals surface area contributed by atoms with Gasteiger partial charge in [0.05, 0.1) is 5.92 Å². The van der Waals surface area contributed by atoms with Gasteiger partial charge in [0.25, 0.3) is 0 Å². The third-order valence-electron chi connectivity index (χ3n) is 7.88. The third kappa shape index (κ3) is 3.67. The molecule has 28 heavy (non-hydrogen) atoms. The highest BCUT2D eigenvalue weighted by Crippen LogP contribution is 2.60. The number of hydrogen-bond donors (Lipinski definition) is 3. The number of amides is 2. The first-order chi connectivity index (χ1) is 13.3. The normalized spacial score (nSPS) is 39.8. The molecular formula is C22H34N2O4. The lowest BCUT2D eigenvalue weighted by Crippen LogP contribution is -2.59. The molecule has 5 aliphatic carbocycles. The Morgan fingerprint density at radius 2 is 1.50 bits per heavy atom. The van der Waals surface area contributed by atoms with Crippen LogP contribution in [0.5, 0.6) is 0 Å². The molecule has 0 heterocycles. The van der Waals surface area contributed by atoms with Crippen LogP contribution in [-0.2, 0) is 14.4 Å². The topological polar surface area (TPSA) is 95.5 Å². The maximum absolute atomic E-state index is 13.3. The van der Waals surface area contributed by atoms with Crippen molar-refractivity contribution in [3.8, 4) is 0 Å². The highest BCUT2D eigenvalue weighted by atomic mass is 16.4. The number of aliphatic carboxylic acids is 1. The maximum atomic E-state index is 13.3. The molecule has 156 valence electrons. The minimum absolute atomic E-state index is 0.00506. The standard InChI is InChI=1S/C22H34N2O4/c1-12(2)18(19(25)23-17-4-3-16(8-17)20(26)27)24-21(28)22-9-13-5-14(10-22)7-15(6-13)11-22/h12-18H,3-11H2,1-2H3,(H,23,25)(H,24,28)(H,26,27)/t13?,14?,15?,16-,17+,18?,22?/m0/s1. The largest absolute Gasteiger partial charge is 0.481 e. The van der Waals surface area contributed by atoms with Crippen molar-refractivity contribution in [2.24, 2.45) is 35.0 Å². The van der Waals surface area contributed by atoms with Gasteiger partial charge >= 0.3 is 5.97 Å². The minimum Gasteiger partial charge on any atom is -0.481 e. The fraction of sp³-hybridized carbons (Fsp3) is 0.864. The van der Waals surface area contributed by atoms with Crippen molar-refractivity contribution >= 4 is 17.8 Å². The van der Waals surface area contributed by atoms with E-state index in [1.54, 1.807) is 0 Å². The van der Waals surface area contributed by atoms with Gasteiger partial charge in [-0.2, -0.15) is 0 Å². The van der Waals surface area contributed by atoms with Gasteiger partial charge in [0.15, 0.2) is 0 Å². The molecule has 0 aromatic heterocycles. The van der Waals surface area contributed by atoms with Crippen LogP contribution in [0.4, 0.5) is 0 Å². The second kappa shape index (κ2) is 7.34. The lowest BCUT2D eigenvalue weighted by atomic mass is 9.49. The van der Waals surface area contributed by atoms with E-state index in [-0.39, 0.29) is 35.1 Å². The molecule has 5 aliphatic rings. The van der Waals surface area contributed by atoms with Gasteiger partial charge in [0.1, 0.15) is 6.04 Å². The highest BCUT2D eigenvalue weighted by Gasteiger charge is 2.55. The molecule has 5 saturated carbocycles. The number of carbonyl (C=O) groups excluding carboxylic acids is 2. The molecule has 5 fully saturated rings. The summed E-state index contributed by atoms with van der Waals surface area (Å²) in [5, 5.41) is 15.3. The summed E-state index contributed by atoms with van der Waals surface area (Å²) in [6, 6.07) is -0.657. The Labute approximate surface area is 167 Å². The zero-order chi connectivity index (χ0) is 20.1. The van der Waals surface area contributed by atoms with Crippen molar-refractivity contribution in [3.63, 3.8) is 0 Å². The minimum atomic E-state index is -0.785. The molecule has 2 amide bonds. The van der Waals surface area contributed by atoms with Crippen LogP contribution in [0.15, 0.2) is 0 Å². The molecule has 5 rings (SSSR count). The van der Waals surface area contributed by atoms with Gasteiger partial charge in [-0.1, -0.05) is 13.8 Å². The molecule has 0 saturated heterocycles. The summed E-state index contributed by atoms with van der Waals surface area (Å²) in [6.45, 7) is 3.91. The average Bonchev–Trinajstić information content (AvgIpc) is 3.06. The van der Waals surface area contributed by atoms with Gasteiger partial charge in [0.2, 0.25) is 11.8 Å². The molecule has 6 heteroatoms. The molecule has 4 bridgehead atoms. The Morgan fingerprint density at radius 1 is 0.929 bits per heavy atom. The predicted molar refractivity (Wildman–Crippen MR) is 104 cm³/mol. The molecule has 1 unspecified atom stereocenters. The van der Waals surface area contributed by atoms with E-state index < -0.39 is 12.0 Å². The number of carboxylic acids is 1. The molecular weight excluding hydrogens is 356 g/mol. The molecule has 0 aliphatic heterocycles. The smallest absolute Gasteiger partial charge is 0.306 e. The van der Waals surface area contributed by atoms with Gasteiger partial charge in [-0.15, -0.1) is 0 Å². The fourth-order valence-electron chi connectivity index (χ4n) is 6.85. The lowest BCUT2D eigenvalue weighted by molar-refractivity contribution is -0.149. The second-order valence-corrected chi connectivity index (χ2v) is 10.4. The number of carbonyl (C=O) groups is 3. The van der Waals surface area contributed by atoms with Crippen molar-refractivity contribution in [2.45, 2.75) is 83.7 Å². The first-order valence-electron chi connectivity index (χ1n) is 11.1. The zero-order valence-electron chi connectivity index (χ0n) is 17.1. The molecule has 3 N–H and O–H groups in total. The van der Waals surface area contributed by atoms with Crippen LogP contribution in [0.3, 0.4) is 0 Å². The Bertz CT molecular complexity index is 624. The Balaban J connectivity index is 1.39. The van der Waals surface area contributed by atoms with Crippen LogP contribution in [0, 0.1) is 35.0 Å². The van der Waals surface area contributed by atoms with E-state index in [2.05, 4.69) is 10.6 Å². The lowest BCUT2D eigenvalue weighted by Gasteiger charge is -2.55. The van der Waals surface area contributed by atoms with Crippen molar-refractivity contribution in [3.05, 3.63) is 0 Å². The Kier molecular flexibility index (Phi) is 5.17. The summed E-state index contributed by atoms with van der Waals surface area (Å²) in [4.78, 5) is 37.4. The van der Waals surface area contributed by atoms with Crippen molar-refractivity contribution < 1.29 is 19.5 Å². The van der Waals surface area contributed by atoms with Crippen LogP contribution in [0.25, 0.3) is 0 Å². The molecule has 3 atom stereocenters. The summed E-state index contributed by atoms with van der Waals surface area (Å²) in [6.07, 6.45) is 8.59. The van der Waals surface area contributed by atoms with Crippen molar-refractivity contribution in [1.82, 2.24) is 10.6 Å².